The molecule has 0 aliphatic carbocycles. The molecule has 0 aromatic heterocycles. The van der Waals surface area contributed by atoms with Gasteiger partial charge in [-0.25, -0.2) is 0 Å². The van der Waals surface area contributed by atoms with Gasteiger partial charge < -0.3 is 4.90 Å². The van der Waals surface area contributed by atoms with E-state index in [1.54, 1.807) is 24.3 Å². The van der Waals surface area contributed by atoms with Gasteiger partial charge in [-0.15, -0.1) is 0 Å². The van der Waals surface area contributed by atoms with Crippen molar-refractivity contribution in [1.29, 1.82) is 0 Å². The Hall–Kier alpha value is -2.79. The van der Waals surface area contributed by atoms with Crippen molar-refractivity contribution in [1.82, 2.24) is 9.80 Å². The summed E-state index contributed by atoms with van der Waals surface area (Å²) >= 11 is 0. The van der Waals surface area contributed by atoms with Crippen LogP contribution in [0.4, 0.5) is 0 Å². The summed E-state index contributed by atoms with van der Waals surface area (Å²) in [4.78, 5) is 41.0. The summed E-state index contributed by atoms with van der Waals surface area (Å²) in [5, 5.41) is 0. The molecule has 3 rings (SSSR count). The predicted molar refractivity (Wildman–Crippen MR) is 114 cm³/mol. The SMILES string of the molecule is CCC(=O)c1cc(C)c(C[C@@H](CN2C(=O)c3ccccc3C2=O)N(C)C)c(C)c1. The summed E-state index contributed by atoms with van der Waals surface area (Å²) in [5.41, 5.74) is 4.99. The number of Topliss-reactive ketones (excluding diaryl/α,β-unsaturated/α-hetero) is 1. The fourth-order valence-corrected chi connectivity index (χ4v) is 3.94. The second kappa shape index (κ2) is 8.29. The van der Waals surface area contributed by atoms with Gasteiger partial charge in [-0.2, -0.15) is 0 Å². The third kappa shape index (κ3) is 4.01. The fourth-order valence-electron chi connectivity index (χ4n) is 3.94. The molecule has 5 nitrogen and oxygen atoms in total. The number of likely N-dealkylation sites (N-methyl/N-ethyl adjacent to an activating group) is 1. The van der Waals surface area contributed by atoms with E-state index in [1.165, 1.54) is 4.90 Å². The van der Waals surface area contributed by atoms with E-state index >= 15 is 0 Å². The topological polar surface area (TPSA) is 57.7 Å². The van der Waals surface area contributed by atoms with Crippen molar-refractivity contribution >= 4 is 17.6 Å². The highest BCUT2D eigenvalue weighted by Crippen LogP contribution is 2.25. The molecular formula is C24H28N2O3. The summed E-state index contributed by atoms with van der Waals surface area (Å²) in [7, 11) is 3.92. The highest BCUT2D eigenvalue weighted by atomic mass is 16.2. The van der Waals surface area contributed by atoms with E-state index in [4.69, 9.17) is 0 Å². The van der Waals surface area contributed by atoms with Gasteiger partial charge in [0.05, 0.1) is 11.1 Å². The van der Waals surface area contributed by atoms with E-state index in [2.05, 4.69) is 0 Å². The number of aryl methyl sites for hydroxylation is 2. The Kier molecular flexibility index (Phi) is 5.99. The van der Waals surface area contributed by atoms with Gasteiger partial charge in [0.2, 0.25) is 0 Å². The Morgan fingerprint density at radius 1 is 1.00 bits per heavy atom. The van der Waals surface area contributed by atoms with E-state index in [1.807, 2.05) is 51.9 Å². The van der Waals surface area contributed by atoms with Crippen molar-refractivity contribution in [2.24, 2.45) is 0 Å². The van der Waals surface area contributed by atoms with Gasteiger partial charge in [0.25, 0.3) is 11.8 Å². The number of carbonyl (C=O) groups is 3. The molecule has 0 bridgehead atoms. The van der Waals surface area contributed by atoms with Crippen LogP contribution in [0.3, 0.4) is 0 Å². The van der Waals surface area contributed by atoms with Crippen molar-refractivity contribution in [3.05, 3.63) is 69.8 Å². The standard InChI is InChI=1S/C24H28N2O3/c1-6-22(27)17-11-15(2)21(16(3)12-17)13-18(25(4)5)14-26-23(28)19-9-7-8-10-20(19)24(26)29/h7-12,18H,6,13-14H2,1-5H3/t18-/m0/s1. The summed E-state index contributed by atoms with van der Waals surface area (Å²) in [5.74, 6) is -0.317. The summed E-state index contributed by atoms with van der Waals surface area (Å²) in [6.45, 7) is 6.23. The average molecular weight is 392 g/mol. The van der Waals surface area contributed by atoms with Gasteiger partial charge in [0.15, 0.2) is 5.78 Å². The van der Waals surface area contributed by atoms with E-state index in [-0.39, 0.29) is 23.6 Å². The normalized spacial score (nSPS) is 14.5. The van der Waals surface area contributed by atoms with Gasteiger partial charge in [0, 0.05) is 24.6 Å². The van der Waals surface area contributed by atoms with E-state index in [0.29, 0.717) is 30.5 Å². The number of imide groups is 1. The summed E-state index contributed by atoms with van der Waals surface area (Å²) in [6.07, 6.45) is 1.18. The van der Waals surface area contributed by atoms with Gasteiger partial charge in [-0.3, -0.25) is 19.3 Å². The van der Waals surface area contributed by atoms with Crippen LogP contribution in [0.5, 0.6) is 0 Å². The smallest absolute Gasteiger partial charge is 0.261 e. The largest absolute Gasteiger partial charge is 0.304 e. The minimum absolute atomic E-state index is 0.0256. The lowest BCUT2D eigenvalue weighted by atomic mass is 9.92. The molecule has 0 fully saturated rings. The number of hydrogen-bond donors (Lipinski definition) is 0. The Labute approximate surface area is 172 Å². The Balaban J connectivity index is 1.85. The number of nitrogens with zero attached hydrogens (tertiary/aromatic N) is 2. The zero-order valence-corrected chi connectivity index (χ0v) is 17.8. The second-order valence-electron chi connectivity index (χ2n) is 7.95. The van der Waals surface area contributed by atoms with Crippen LogP contribution in [0.1, 0.15) is 61.1 Å². The number of rotatable bonds is 7. The molecule has 0 N–H and O–H groups in total. The third-order valence-electron chi connectivity index (χ3n) is 5.78. The summed E-state index contributed by atoms with van der Waals surface area (Å²) < 4.78 is 0. The van der Waals surface area contributed by atoms with Crippen LogP contribution >= 0.6 is 0 Å². The first-order valence-corrected chi connectivity index (χ1v) is 9.99. The number of benzene rings is 2. The van der Waals surface area contributed by atoms with Gasteiger partial charge in [-0.05, 0) is 75.3 Å². The summed E-state index contributed by atoms with van der Waals surface area (Å²) in [6, 6.07) is 10.8. The number of ketones is 1. The van der Waals surface area contributed by atoms with Crippen molar-refractivity contribution in [3.63, 3.8) is 0 Å². The van der Waals surface area contributed by atoms with Crippen LogP contribution in [0.2, 0.25) is 0 Å². The van der Waals surface area contributed by atoms with Crippen molar-refractivity contribution in [2.75, 3.05) is 20.6 Å². The molecular weight excluding hydrogens is 364 g/mol. The van der Waals surface area contributed by atoms with Crippen LogP contribution in [0.25, 0.3) is 0 Å². The zero-order chi connectivity index (χ0) is 21.3. The highest BCUT2D eigenvalue weighted by molar-refractivity contribution is 6.21. The Morgan fingerprint density at radius 3 is 1.97 bits per heavy atom. The van der Waals surface area contributed by atoms with Crippen LogP contribution in [-0.2, 0) is 6.42 Å². The lowest BCUT2D eigenvalue weighted by Crippen LogP contribution is -2.44. The van der Waals surface area contributed by atoms with Crippen LogP contribution < -0.4 is 0 Å². The first kappa shape index (κ1) is 20.9. The Bertz CT molecular complexity index is 920. The molecule has 2 amide bonds. The predicted octanol–water partition coefficient (Wildman–Crippen LogP) is 3.67. The first-order valence-electron chi connectivity index (χ1n) is 9.99. The molecule has 0 saturated heterocycles. The minimum Gasteiger partial charge on any atom is -0.304 e. The maximum Gasteiger partial charge on any atom is 0.261 e. The fraction of sp³-hybridized carbons (Fsp3) is 0.375. The molecule has 0 spiro atoms. The molecule has 0 unspecified atom stereocenters. The average Bonchev–Trinajstić information content (AvgIpc) is 2.93. The third-order valence-corrected chi connectivity index (χ3v) is 5.78. The lowest BCUT2D eigenvalue weighted by molar-refractivity contribution is 0.0611. The molecule has 1 atom stereocenters. The van der Waals surface area contributed by atoms with Crippen molar-refractivity contribution < 1.29 is 14.4 Å². The molecule has 0 saturated carbocycles. The molecule has 1 aliphatic heterocycles. The second-order valence-corrected chi connectivity index (χ2v) is 7.95. The van der Waals surface area contributed by atoms with Crippen LogP contribution in [0, 0.1) is 13.8 Å². The molecule has 1 aliphatic rings. The Morgan fingerprint density at radius 2 is 1.52 bits per heavy atom. The number of amides is 2. The molecule has 2 aromatic carbocycles. The lowest BCUT2D eigenvalue weighted by Gasteiger charge is -2.29. The maximum absolute atomic E-state index is 12.8. The molecule has 29 heavy (non-hydrogen) atoms. The van der Waals surface area contributed by atoms with E-state index in [9.17, 15) is 14.4 Å². The molecule has 152 valence electrons. The van der Waals surface area contributed by atoms with Gasteiger partial charge in [-0.1, -0.05) is 19.1 Å². The minimum atomic E-state index is -0.227. The van der Waals surface area contributed by atoms with Crippen LogP contribution in [-0.4, -0.2) is 54.1 Å². The molecule has 0 radical (unpaired) electrons. The molecule has 5 heteroatoms. The van der Waals surface area contributed by atoms with Gasteiger partial charge >= 0.3 is 0 Å². The number of hydrogen-bond acceptors (Lipinski definition) is 4. The van der Waals surface area contributed by atoms with Crippen molar-refractivity contribution in [3.8, 4) is 0 Å². The van der Waals surface area contributed by atoms with Crippen LogP contribution in [0.15, 0.2) is 36.4 Å². The monoisotopic (exact) mass is 392 g/mol. The number of fused-ring (bicyclic) bond motifs is 1. The zero-order valence-electron chi connectivity index (χ0n) is 17.8. The maximum atomic E-state index is 12.8. The number of carbonyl (C=O) groups excluding carboxylic acids is 3. The molecule has 2 aromatic rings. The highest BCUT2D eigenvalue weighted by Gasteiger charge is 2.36. The van der Waals surface area contributed by atoms with E-state index in [0.717, 1.165) is 22.3 Å². The first-order chi connectivity index (χ1) is 13.7. The van der Waals surface area contributed by atoms with E-state index < -0.39 is 0 Å². The quantitative estimate of drug-likeness (QED) is 0.533. The van der Waals surface area contributed by atoms with Gasteiger partial charge in [0.1, 0.15) is 0 Å². The van der Waals surface area contributed by atoms with Crippen molar-refractivity contribution in [2.45, 2.75) is 39.7 Å². The molecule has 1 heterocycles.